The number of H-pyrrole nitrogens is 1. The zero-order chi connectivity index (χ0) is 23.1. The third-order valence-corrected chi connectivity index (χ3v) is 5.46. The molecule has 158 valence electrons. The fourth-order valence-corrected chi connectivity index (χ4v) is 3.84. The van der Waals surface area contributed by atoms with Crippen LogP contribution in [0.15, 0.2) is 40.0 Å². The Bertz CT molecular complexity index is 1500. The molecule has 0 radical (unpaired) electrons. The van der Waals surface area contributed by atoms with Crippen molar-refractivity contribution in [1.29, 1.82) is 5.26 Å². The Hall–Kier alpha value is -3.53. The van der Waals surface area contributed by atoms with Gasteiger partial charge in [0, 0.05) is 17.9 Å². The Balaban J connectivity index is 2.35. The van der Waals surface area contributed by atoms with Crippen LogP contribution >= 0.6 is 0 Å². The minimum absolute atomic E-state index is 0.0206. The average molecular weight is 442 g/mol. The van der Waals surface area contributed by atoms with Gasteiger partial charge in [0.25, 0.3) is 0 Å². The van der Waals surface area contributed by atoms with Crippen LogP contribution in [-0.2, 0) is 9.84 Å². The number of nitrogens with one attached hydrogen (secondary N) is 1. The summed E-state index contributed by atoms with van der Waals surface area (Å²) in [5, 5.41) is 18.3. The highest BCUT2D eigenvalue weighted by Gasteiger charge is 2.20. The normalized spacial score (nSPS) is 11.6. The Labute approximate surface area is 176 Å². The summed E-state index contributed by atoms with van der Waals surface area (Å²) in [6.07, 6.45) is 0.962. The second-order valence-corrected chi connectivity index (χ2v) is 9.41. The minimum Gasteiger partial charge on any atom is -0.378 e. The smallest absolute Gasteiger partial charge is 0.193 e. The number of hydrogen-bond donors (Lipinski definition) is 2. The standard InChI is InChI=1S/C22H16F2N2O4S/c1-22(2,28)7-6-13-15(23)9-17-20(21(13)24)18(27)10-16(26-17)14-8-12(11-25)4-5-19(14)31(3,29)30/h4-5,8-10,28H,1-3H3,(H,26,27). The second-order valence-electron chi connectivity index (χ2n) is 7.42. The lowest BCUT2D eigenvalue weighted by Crippen LogP contribution is -2.15. The first-order valence-corrected chi connectivity index (χ1v) is 10.8. The maximum atomic E-state index is 14.9. The summed E-state index contributed by atoms with van der Waals surface area (Å²) in [6, 6.07) is 7.52. The van der Waals surface area contributed by atoms with E-state index in [1.165, 1.54) is 32.0 Å². The predicted molar refractivity (Wildman–Crippen MR) is 111 cm³/mol. The molecular formula is C22H16F2N2O4S. The number of sulfone groups is 1. The molecule has 1 heterocycles. The molecule has 31 heavy (non-hydrogen) atoms. The highest BCUT2D eigenvalue weighted by atomic mass is 32.2. The molecule has 0 amide bonds. The van der Waals surface area contributed by atoms with Crippen LogP contribution in [0, 0.1) is 34.8 Å². The molecular weight excluding hydrogens is 426 g/mol. The molecule has 2 aromatic carbocycles. The van der Waals surface area contributed by atoms with E-state index in [0.29, 0.717) is 0 Å². The van der Waals surface area contributed by atoms with E-state index >= 15 is 0 Å². The van der Waals surface area contributed by atoms with Crippen LogP contribution < -0.4 is 5.43 Å². The Kier molecular flexibility index (Phi) is 5.45. The number of nitriles is 1. The van der Waals surface area contributed by atoms with Crippen molar-refractivity contribution >= 4 is 20.7 Å². The Morgan fingerprint density at radius 2 is 1.84 bits per heavy atom. The third-order valence-electron chi connectivity index (χ3n) is 4.30. The maximum Gasteiger partial charge on any atom is 0.193 e. The lowest BCUT2D eigenvalue weighted by molar-refractivity contribution is 0.143. The van der Waals surface area contributed by atoms with Crippen molar-refractivity contribution in [3.63, 3.8) is 0 Å². The fraction of sp³-hybridized carbons (Fsp3) is 0.182. The molecule has 3 aromatic rings. The number of aromatic nitrogens is 1. The molecule has 0 bridgehead atoms. The summed E-state index contributed by atoms with van der Waals surface area (Å²) in [6.45, 7) is 2.68. The van der Waals surface area contributed by atoms with Gasteiger partial charge in [0.15, 0.2) is 21.1 Å². The van der Waals surface area contributed by atoms with Crippen LogP contribution in [-0.4, -0.2) is 30.4 Å². The molecule has 0 aliphatic heterocycles. The summed E-state index contributed by atoms with van der Waals surface area (Å²) >= 11 is 0. The van der Waals surface area contributed by atoms with E-state index in [1.807, 2.05) is 6.07 Å². The van der Waals surface area contributed by atoms with Gasteiger partial charge < -0.3 is 10.1 Å². The van der Waals surface area contributed by atoms with E-state index in [9.17, 15) is 27.1 Å². The largest absolute Gasteiger partial charge is 0.378 e. The lowest BCUT2D eigenvalue weighted by Gasteiger charge is -2.11. The van der Waals surface area contributed by atoms with E-state index in [2.05, 4.69) is 16.8 Å². The van der Waals surface area contributed by atoms with Gasteiger partial charge in [0.05, 0.1) is 38.7 Å². The van der Waals surface area contributed by atoms with E-state index in [-0.39, 0.29) is 27.2 Å². The summed E-state index contributed by atoms with van der Waals surface area (Å²) < 4.78 is 53.7. The van der Waals surface area contributed by atoms with Crippen molar-refractivity contribution in [1.82, 2.24) is 4.98 Å². The van der Waals surface area contributed by atoms with Crippen molar-refractivity contribution in [2.24, 2.45) is 0 Å². The Morgan fingerprint density at radius 1 is 1.16 bits per heavy atom. The van der Waals surface area contributed by atoms with E-state index in [1.54, 1.807) is 0 Å². The van der Waals surface area contributed by atoms with Crippen molar-refractivity contribution in [2.75, 3.05) is 6.26 Å². The van der Waals surface area contributed by atoms with Crippen LogP contribution in [0.5, 0.6) is 0 Å². The molecule has 0 aliphatic rings. The predicted octanol–water partition coefficient (Wildman–Crippen LogP) is 2.87. The number of hydrogen-bond acceptors (Lipinski definition) is 5. The maximum absolute atomic E-state index is 14.9. The summed E-state index contributed by atoms with van der Waals surface area (Å²) in [4.78, 5) is 15.2. The monoisotopic (exact) mass is 442 g/mol. The van der Waals surface area contributed by atoms with Crippen LogP contribution in [0.25, 0.3) is 22.2 Å². The van der Waals surface area contributed by atoms with Gasteiger partial charge in [-0.15, -0.1) is 0 Å². The average Bonchev–Trinajstić information content (AvgIpc) is 2.65. The van der Waals surface area contributed by atoms with E-state index in [0.717, 1.165) is 18.4 Å². The van der Waals surface area contributed by atoms with Gasteiger partial charge in [-0.25, -0.2) is 17.2 Å². The fourth-order valence-electron chi connectivity index (χ4n) is 2.95. The number of aliphatic hydroxyl groups is 1. The highest BCUT2D eigenvalue weighted by molar-refractivity contribution is 7.90. The van der Waals surface area contributed by atoms with Crippen LogP contribution in [0.4, 0.5) is 8.78 Å². The molecule has 6 nitrogen and oxygen atoms in total. The first kappa shape index (κ1) is 22.2. The highest BCUT2D eigenvalue weighted by Crippen LogP contribution is 2.29. The molecule has 3 rings (SSSR count). The topological polar surface area (TPSA) is 111 Å². The number of pyridine rings is 1. The SMILES string of the molecule is CC(C)(O)C#Cc1c(F)cc2[nH]c(-c3cc(C#N)ccc3S(C)(=O)=O)cc(=O)c2c1F. The lowest BCUT2D eigenvalue weighted by atomic mass is 10.0. The number of halogens is 2. The molecule has 0 saturated heterocycles. The summed E-state index contributed by atoms with van der Waals surface area (Å²) in [5.41, 5.74) is -3.09. The quantitative estimate of drug-likeness (QED) is 0.593. The molecule has 0 fully saturated rings. The number of benzene rings is 2. The van der Waals surface area contributed by atoms with Crippen molar-refractivity contribution in [3.05, 3.63) is 63.3 Å². The van der Waals surface area contributed by atoms with Gasteiger partial charge in [0.2, 0.25) is 0 Å². The van der Waals surface area contributed by atoms with E-state index in [4.69, 9.17) is 5.26 Å². The molecule has 0 saturated carbocycles. The van der Waals surface area contributed by atoms with Crippen molar-refractivity contribution < 1.29 is 22.3 Å². The zero-order valence-corrected chi connectivity index (χ0v) is 17.5. The molecule has 9 heteroatoms. The van der Waals surface area contributed by atoms with Gasteiger partial charge in [-0.2, -0.15) is 5.26 Å². The number of nitrogens with zero attached hydrogens (tertiary/aromatic N) is 1. The van der Waals surface area contributed by atoms with Gasteiger partial charge >= 0.3 is 0 Å². The van der Waals surface area contributed by atoms with Gasteiger partial charge in [-0.3, -0.25) is 4.79 Å². The van der Waals surface area contributed by atoms with Crippen LogP contribution in [0.3, 0.4) is 0 Å². The third kappa shape index (κ3) is 4.48. The number of aromatic amines is 1. The first-order chi connectivity index (χ1) is 14.3. The molecule has 0 atom stereocenters. The summed E-state index contributed by atoms with van der Waals surface area (Å²) in [5.74, 6) is 2.24. The van der Waals surface area contributed by atoms with E-state index < -0.39 is 43.5 Å². The molecule has 1 aromatic heterocycles. The molecule has 0 spiro atoms. The number of rotatable bonds is 2. The van der Waals surface area contributed by atoms with Gasteiger partial charge in [-0.1, -0.05) is 11.8 Å². The Morgan fingerprint density at radius 3 is 2.42 bits per heavy atom. The van der Waals surface area contributed by atoms with Gasteiger partial charge in [-0.05, 0) is 38.1 Å². The van der Waals surface area contributed by atoms with Crippen molar-refractivity contribution in [2.45, 2.75) is 24.3 Å². The van der Waals surface area contributed by atoms with Crippen LogP contribution in [0.1, 0.15) is 25.0 Å². The number of fused-ring (bicyclic) bond motifs is 1. The van der Waals surface area contributed by atoms with Gasteiger partial charge in [0.1, 0.15) is 11.4 Å². The van der Waals surface area contributed by atoms with Crippen LogP contribution in [0.2, 0.25) is 0 Å². The minimum atomic E-state index is -3.74. The first-order valence-electron chi connectivity index (χ1n) is 8.87. The summed E-state index contributed by atoms with van der Waals surface area (Å²) in [7, 11) is -3.74. The second kappa shape index (κ2) is 7.62. The molecule has 0 unspecified atom stereocenters. The van der Waals surface area contributed by atoms with Crippen molar-refractivity contribution in [3.8, 4) is 29.2 Å². The molecule has 2 N–H and O–H groups in total. The molecule has 0 aliphatic carbocycles. The zero-order valence-electron chi connectivity index (χ0n) is 16.7.